The first kappa shape index (κ1) is 19.7. The number of carboxylic acid groups (broad SMARTS) is 2. The Kier molecular flexibility index (Phi) is 5.26. The van der Waals surface area contributed by atoms with E-state index in [1.165, 1.54) is 6.07 Å². The van der Waals surface area contributed by atoms with Gasteiger partial charge in [-0.15, -0.1) is 0 Å². The molecule has 1 heterocycles. The van der Waals surface area contributed by atoms with Gasteiger partial charge in [0.05, 0.1) is 33.9 Å². The molecule has 2 amide bonds. The van der Waals surface area contributed by atoms with Crippen LogP contribution in [0.5, 0.6) is 0 Å². The average molecular weight is 423 g/mol. The Bertz CT molecular complexity index is 991. The summed E-state index contributed by atoms with van der Waals surface area (Å²) in [6.07, 6.45) is -0.211. The highest BCUT2D eigenvalue weighted by Crippen LogP contribution is 2.30. The van der Waals surface area contributed by atoms with Crippen molar-refractivity contribution in [3.8, 4) is 0 Å². The lowest BCUT2D eigenvalue weighted by molar-refractivity contribution is -0.121. The zero-order chi connectivity index (χ0) is 20.6. The second-order valence-corrected chi connectivity index (χ2v) is 6.82. The SMILES string of the molecule is O=C(O)c1cc(C(=O)O)cc(N2C(=O)CC(Nc3ccc(Cl)cc3Cl)C2=O)c1. The minimum absolute atomic E-state index is 0.126. The van der Waals surface area contributed by atoms with Crippen LogP contribution in [0.1, 0.15) is 27.1 Å². The Balaban J connectivity index is 1.93. The molecule has 0 aliphatic carbocycles. The number of halogens is 2. The first-order valence-corrected chi connectivity index (χ1v) is 8.63. The van der Waals surface area contributed by atoms with Gasteiger partial charge in [0.1, 0.15) is 6.04 Å². The average Bonchev–Trinajstić information content (AvgIpc) is 2.90. The van der Waals surface area contributed by atoms with E-state index in [-0.39, 0.29) is 28.3 Å². The van der Waals surface area contributed by atoms with Crippen molar-refractivity contribution in [2.45, 2.75) is 12.5 Å². The van der Waals surface area contributed by atoms with Crippen LogP contribution in [0.2, 0.25) is 10.0 Å². The number of rotatable bonds is 5. The van der Waals surface area contributed by atoms with Gasteiger partial charge >= 0.3 is 11.9 Å². The van der Waals surface area contributed by atoms with Crippen molar-refractivity contribution in [2.24, 2.45) is 0 Å². The van der Waals surface area contributed by atoms with E-state index in [1.807, 2.05) is 0 Å². The lowest BCUT2D eigenvalue weighted by Gasteiger charge is -2.17. The number of anilines is 2. The smallest absolute Gasteiger partial charge is 0.335 e. The lowest BCUT2D eigenvalue weighted by Crippen LogP contribution is -2.35. The van der Waals surface area contributed by atoms with Gasteiger partial charge < -0.3 is 15.5 Å². The number of carboxylic acids is 2. The van der Waals surface area contributed by atoms with Crippen LogP contribution in [0, 0.1) is 0 Å². The maximum Gasteiger partial charge on any atom is 0.335 e. The number of hydrogen-bond donors (Lipinski definition) is 3. The van der Waals surface area contributed by atoms with E-state index in [2.05, 4.69) is 5.32 Å². The van der Waals surface area contributed by atoms with E-state index in [0.717, 1.165) is 23.1 Å². The second kappa shape index (κ2) is 7.49. The van der Waals surface area contributed by atoms with Crippen LogP contribution in [-0.2, 0) is 9.59 Å². The number of carbonyl (C=O) groups is 4. The summed E-state index contributed by atoms with van der Waals surface area (Å²) < 4.78 is 0. The van der Waals surface area contributed by atoms with Crippen molar-refractivity contribution >= 4 is 58.3 Å². The number of hydrogen-bond acceptors (Lipinski definition) is 5. The minimum atomic E-state index is -1.38. The summed E-state index contributed by atoms with van der Waals surface area (Å²) >= 11 is 11.9. The quantitative estimate of drug-likeness (QED) is 0.632. The van der Waals surface area contributed by atoms with Crippen molar-refractivity contribution in [3.63, 3.8) is 0 Å². The topological polar surface area (TPSA) is 124 Å². The third-order valence-corrected chi connectivity index (χ3v) is 4.63. The summed E-state index contributed by atoms with van der Waals surface area (Å²) in [4.78, 5) is 48.4. The Hall–Kier alpha value is -3.10. The standard InChI is InChI=1S/C18H12Cl2N2O6/c19-10-1-2-13(12(20)6-10)21-14-7-15(23)22(16(14)24)11-4-8(17(25)26)3-9(5-11)18(27)28/h1-6,14,21H,7H2,(H,25,26)(H,27,28). The molecule has 28 heavy (non-hydrogen) atoms. The van der Waals surface area contributed by atoms with Gasteiger partial charge in [-0.25, -0.2) is 14.5 Å². The molecular formula is C18H12Cl2N2O6. The van der Waals surface area contributed by atoms with Crippen molar-refractivity contribution in [3.05, 3.63) is 57.6 Å². The van der Waals surface area contributed by atoms with E-state index < -0.39 is 29.8 Å². The van der Waals surface area contributed by atoms with Crippen molar-refractivity contribution in [1.82, 2.24) is 0 Å². The highest BCUT2D eigenvalue weighted by Gasteiger charge is 2.40. The number of amides is 2. The number of imide groups is 1. The van der Waals surface area contributed by atoms with Crippen molar-refractivity contribution in [1.29, 1.82) is 0 Å². The highest BCUT2D eigenvalue weighted by atomic mass is 35.5. The summed E-state index contributed by atoms with van der Waals surface area (Å²) in [5.41, 5.74) is -0.441. The number of nitrogens with one attached hydrogen (secondary N) is 1. The van der Waals surface area contributed by atoms with Gasteiger partial charge in [-0.1, -0.05) is 23.2 Å². The van der Waals surface area contributed by atoms with Gasteiger partial charge in [0.25, 0.3) is 5.91 Å². The molecule has 3 N–H and O–H groups in total. The van der Waals surface area contributed by atoms with Crippen LogP contribution < -0.4 is 10.2 Å². The van der Waals surface area contributed by atoms with E-state index in [0.29, 0.717) is 10.7 Å². The maximum atomic E-state index is 12.7. The molecule has 8 nitrogen and oxygen atoms in total. The molecule has 3 rings (SSSR count). The first-order valence-electron chi connectivity index (χ1n) is 7.87. The highest BCUT2D eigenvalue weighted by molar-refractivity contribution is 6.36. The molecule has 1 saturated heterocycles. The van der Waals surface area contributed by atoms with Crippen LogP contribution in [0.15, 0.2) is 36.4 Å². The second-order valence-electron chi connectivity index (χ2n) is 5.97. The predicted octanol–water partition coefficient (Wildman–Crippen LogP) is 3.13. The van der Waals surface area contributed by atoms with Crippen LogP contribution >= 0.6 is 23.2 Å². The fourth-order valence-electron chi connectivity index (χ4n) is 2.80. The molecule has 0 saturated carbocycles. The van der Waals surface area contributed by atoms with E-state index in [1.54, 1.807) is 12.1 Å². The molecule has 10 heteroatoms. The third-order valence-electron chi connectivity index (χ3n) is 4.08. The minimum Gasteiger partial charge on any atom is -0.478 e. The van der Waals surface area contributed by atoms with Gasteiger partial charge in [-0.05, 0) is 36.4 Å². The summed E-state index contributed by atoms with van der Waals surface area (Å²) in [5.74, 6) is -4.03. The summed E-state index contributed by atoms with van der Waals surface area (Å²) in [6.45, 7) is 0. The van der Waals surface area contributed by atoms with Crippen LogP contribution in [0.4, 0.5) is 11.4 Å². The van der Waals surface area contributed by atoms with E-state index in [4.69, 9.17) is 23.2 Å². The summed E-state index contributed by atoms with van der Waals surface area (Å²) in [7, 11) is 0. The molecule has 1 aliphatic rings. The van der Waals surface area contributed by atoms with Crippen LogP contribution in [0.3, 0.4) is 0 Å². The molecule has 0 radical (unpaired) electrons. The molecule has 0 aromatic heterocycles. The Morgan fingerprint density at radius 1 is 1.00 bits per heavy atom. The Morgan fingerprint density at radius 3 is 2.14 bits per heavy atom. The molecule has 2 aromatic rings. The summed E-state index contributed by atoms with van der Waals surface area (Å²) in [6, 6.07) is 6.73. The molecule has 0 spiro atoms. The van der Waals surface area contributed by atoms with Crippen LogP contribution in [-0.4, -0.2) is 40.0 Å². The Labute approximate surface area is 168 Å². The van der Waals surface area contributed by atoms with Gasteiger partial charge in [0, 0.05) is 5.02 Å². The molecule has 2 aromatic carbocycles. The zero-order valence-electron chi connectivity index (χ0n) is 14.0. The maximum absolute atomic E-state index is 12.7. The number of nitrogens with zero attached hydrogens (tertiary/aromatic N) is 1. The number of benzene rings is 2. The van der Waals surface area contributed by atoms with Gasteiger partial charge in [-0.2, -0.15) is 0 Å². The van der Waals surface area contributed by atoms with Crippen LogP contribution in [0.25, 0.3) is 0 Å². The third kappa shape index (κ3) is 3.78. The fourth-order valence-corrected chi connectivity index (χ4v) is 3.26. The first-order chi connectivity index (χ1) is 13.2. The lowest BCUT2D eigenvalue weighted by atomic mass is 10.1. The van der Waals surface area contributed by atoms with E-state index in [9.17, 15) is 29.4 Å². The summed E-state index contributed by atoms with van der Waals surface area (Å²) in [5, 5.41) is 21.9. The monoisotopic (exact) mass is 422 g/mol. The largest absolute Gasteiger partial charge is 0.478 e. The molecular weight excluding hydrogens is 411 g/mol. The normalized spacial score (nSPS) is 16.4. The molecule has 1 atom stereocenters. The van der Waals surface area contributed by atoms with Crippen molar-refractivity contribution in [2.75, 3.05) is 10.2 Å². The van der Waals surface area contributed by atoms with Gasteiger partial charge in [0.2, 0.25) is 5.91 Å². The molecule has 1 aliphatic heterocycles. The number of carbonyl (C=O) groups excluding carboxylic acids is 2. The van der Waals surface area contributed by atoms with Gasteiger partial charge in [-0.3, -0.25) is 9.59 Å². The molecule has 0 bridgehead atoms. The molecule has 1 fully saturated rings. The van der Waals surface area contributed by atoms with Gasteiger partial charge in [0.15, 0.2) is 0 Å². The van der Waals surface area contributed by atoms with Crippen molar-refractivity contribution < 1.29 is 29.4 Å². The molecule has 144 valence electrons. The van der Waals surface area contributed by atoms with E-state index >= 15 is 0 Å². The fraction of sp³-hybridized carbons (Fsp3) is 0.111. The zero-order valence-corrected chi connectivity index (χ0v) is 15.5. The molecule has 1 unspecified atom stereocenters. The number of aromatic carboxylic acids is 2. The predicted molar refractivity (Wildman–Crippen MR) is 101 cm³/mol. The Morgan fingerprint density at radius 2 is 1.61 bits per heavy atom.